The SMILES string of the molecule is CCCC1CCCN(c2ccc(Cl)cc2C(=N)N)CC1. The molecular weight excluding hydrogens is 270 g/mol. The number of hydrogen-bond acceptors (Lipinski definition) is 2. The monoisotopic (exact) mass is 293 g/mol. The Bertz CT molecular complexity index is 473. The van der Waals surface area contributed by atoms with Gasteiger partial charge in [0.05, 0.1) is 0 Å². The zero-order valence-corrected chi connectivity index (χ0v) is 12.9. The van der Waals surface area contributed by atoms with Gasteiger partial charge < -0.3 is 10.6 Å². The molecule has 0 bridgehead atoms. The molecule has 0 spiro atoms. The maximum Gasteiger partial charge on any atom is 0.124 e. The summed E-state index contributed by atoms with van der Waals surface area (Å²) >= 11 is 6.03. The highest BCUT2D eigenvalue weighted by Gasteiger charge is 2.19. The Kier molecular flexibility index (Phi) is 5.30. The van der Waals surface area contributed by atoms with Gasteiger partial charge >= 0.3 is 0 Å². The molecule has 0 saturated carbocycles. The highest BCUT2D eigenvalue weighted by molar-refractivity contribution is 6.31. The third-order valence-electron chi connectivity index (χ3n) is 4.13. The van der Waals surface area contributed by atoms with Crippen LogP contribution in [0.3, 0.4) is 0 Å². The fourth-order valence-corrected chi connectivity index (χ4v) is 3.28. The van der Waals surface area contributed by atoms with Gasteiger partial charge in [0.1, 0.15) is 5.84 Å². The summed E-state index contributed by atoms with van der Waals surface area (Å²) in [6.07, 6.45) is 6.35. The topological polar surface area (TPSA) is 53.1 Å². The van der Waals surface area contributed by atoms with E-state index in [0.717, 1.165) is 30.3 Å². The fourth-order valence-electron chi connectivity index (χ4n) is 3.10. The molecule has 0 amide bonds. The number of nitrogens with two attached hydrogens (primary N) is 1. The highest BCUT2D eigenvalue weighted by atomic mass is 35.5. The van der Waals surface area contributed by atoms with Crippen LogP contribution >= 0.6 is 11.6 Å². The van der Waals surface area contributed by atoms with E-state index in [1.54, 1.807) is 6.07 Å². The van der Waals surface area contributed by atoms with Gasteiger partial charge in [0, 0.05) is 29.4 Å². The van der Waals surface area contributed by atoms with Crippen molar-refractivity contribution in [3.63, 3.8) is 0 Å². The van der Waals surface area contributed by atoms with Gasteiger partial charge in [-0.1, -0.05) is 31.4 Å². The van der Waals surface area contributed by atoms with Crippen molar-refractivity contribution in [3.8, 4) is 0 Å². The second-order valence-corrected chi connectivity index (χ2v) is 6.08. The predicted octanol–water partition coefficient (Wildman–Crippen LogP) is 4.03. The molecule has 0 radical (unpaired) electrons. The predicted molar refractivity (Wildman–Crippen MR) is 86.9 cm³/mol. The van der Waals surface area contributed by atoms with Crippen molar-refractivity contribution in [2.24, 2.45) is 11.7 Å². The molecule has 3 nitrogen and oxygen atoms in total. The van der Waals surface area contributed by atoms with Gasteiger partial charge in [0.25, 0.3) is 0 Å². The van der Waals surface area contributed by atoms with Gasteiger partial charge in [-0.25, -0.2) is 0 Å². The van der Waals surface area contributed by atoms with E-state index in [-0.39, 0.29) is 5.84 Å². The number of nitrogens with one attached hydrogen (secondary N) is 1. The molecule has 1 saturated heterocycles. The maximum absolute atomic E-state index is 7.74. The number of amidine groups is 1. The van der Waals surface area contributed by atoms with E-state index in [0.29, 0.717) is 5.02 Å². The van der Waals surface area contributed by atoms with Gasteiger partial charge in [-0.15, -0.1) is 0 Å². The average Bonchev–Trinajstić information content (AvgIpc) is 2.65. The normalized spacial score (nSPS) is 19.7. The van der Waals surface area contributed by atoms with Crippen molar-refractivity contribution in [1.29, 1.82) is 5.41 Å². The first-order chi connectivity index (χ1) is 9.61. The summed E-state index contributed by atoms with van der Waals surface area (Å²) in [6, 6.07) is 5.69. The molecule has 1 unspecified atom stereocenters. The van der Waals surface area contributed by atoms with Crippen LogP contribution in [-0.4, -0.2) is 18.9 Å². The summed E-state index contributed by atoms with van der Waals surface area (Å²) in [5.74, 6) is 0.940. The van der Waals surface area contributed by atoms with Crippen molar-refractivity contribution in [3.05, 3.63) is 28.8 Å². The molecule has 3 N–H and O–H groups in total. The number of anilines is 1. The second-order valence-electron chi connectivity index (χ2n) is 5.65. The van der Waals surface area contributed by atoms with E-state index in [9.17, 15) is 0 Å². The van der Waals surface area contributed by atoms with Gasteiger partial charge in [-0.05, 0) is 43.4 Å². The summed E-state index contributed by atoms with van der Waals surface area (Å²) in [7, 11) is 0. The van der Waals surface area contributed by atoms with Crippen LogP contribution in [-0.2, 0) is 0 Å². The first-order valence-corrected chi connectivity index (χ1v) is 7.88. The molecule has 1 aromatic carbocycles. The van der Waals surface area contributed by atoms with Gasteiger partial charge in [0.15, 0.2) is 0 Å². The Labute approximate surface area is 126 Å². The van der Waals surface area contributed by atoms with Gasteiger partial charge in [-0.2, -0.15) is 0 Å². The molecule has 4 heteroatoms. The lowest BCUT2D eigenvalue weighted by Crippen LogP contribution is -2.27. The third-order valence-corrected chi connectivity index (χ3v) is 4.37. The van der Waals surface area contributed by atoms with Crippen LogP contribution in [0.15, 0.2) is 18.2 Å². The standard InChI is InChI=1S/C16H24ClN3/c1-2-4-12-5-3-9-20(10-8-12)15-7-6-13(17)11-14(15)16(18)19/h6-7,11-12H,2-5,8-10H2,1H3,(H3,18,19). The number of benzene rings is 1. The first kappa shape index (κ1) is 15.2. The molecule has 1 atom stereocenters. The van der Waals surface area contributed by atoms with Crippen LogP contribution in [0.4, 0.5) is 5.69 Å². The van der Waals surface area contributed by atoms with Crippen LogP contribution in [0.25, 0.3) is 0 Å². The lowest BCUT2D eigenvalue weighted by molar-refractivity contribution is 0.435. The van der Waals surface area contributed by atoms with Crippen molar-refractivity contribution in [1.82, 2.24) is 0 Å². The minimum absolute atomic E-state index is 0.0943. The zero-order chi connectivity index (χ0) is 14.5. The van der Waals surface area contributed by atoms with Crippen LogP contribution < -0.4 is 10.6 Å². The van der Waals surface area contributed by atoms with E-state index in [1.165, 1.54) is 32.1 Å². The first-order valence-electron chi connectivity index (χ1n) is 7.50. The smallest absolute Gasteiger partial charge is 0.124 e. The van der Waals surface area contributed by atoms with Crippen LogP contribution in [0.1, 0.15) is 44.6 Å². The molecule has 1 aliphatic heterocycles. The zero-order valence-electron chi connectivity index (χ0n) is 12.2. The van der Waals surface area contributed by atoms with Crippen molar-refractivity contribution in [2.75, 3.05) is 18.0 Å². The quantitative estimate of drug-likeness (QED) is 0.650. The third kappa shape index (κ3) is 3.66. The van der Waals surface area contributed by atoms with Crippen molar-refractivity contribution >= 4 is 23.1 Å². The molecule has 20 heavy (non-hydrogen) atoms. The van der Waals surface area contributed by atoms with Crippen LogP contribution in [0.2, 0.25) is 5.02 Å². The Morgan fingerprint density at radius 3 is 2.90 bits per heavy atom. The summed E-state index contributed by atoms with van der Waals surface area (Å²) in [4.78, 5) is 2.36. The Balaban J connectivity index is 2.17. The fraction of sp³-hybridized carbons (Fsp3) is 0.562. The number of nitrogen functional groups attached to an aromatic ring is 1. The van der Waals surface area contributed by atoms with Crippen LogP contribution in [0, 0.1) is 11.3 Å². The minimum Gasteiger partial charge on any atom is -0.384 e. The Morgan fingerprint density at radius 2 is 2.20 bits per heavy atom. The largest absolute Gasteiger partial charge is 0.384 e. The van der Waals surface area contributed by atoms with Crippen molar-refractivity contribution < 1.29 is 0 Å². The Hall–Kier alpha value is -1.22. The summed E-state index contributed by atoms with van der Waals surface area (Å²) in [6.45, 7) is 4.35. The molecular formula is C16H24ClN3. The molecule has 1 aromatic rings. The van der Waals surface area contributed by atoms with E-state index in [4.69, 9.17) is 22.7 Å². The number of nitrogens with zero attached hydrogens (tertiary/aromatic N) is 1. The number of halogens is 1. The van der Waals surface area contributed by atoms with E-state index in [2.05, 4.69) is 11.8 Å². The summed E-state index contributed by atoms with van der Waals surface area (Å²) in [5, 5.41) is 8.38. The molecule has 1 heterocycles. The van der Waals surface area contributed by atoms with Gasteiger partial charge in [-0.3, -0.25) is 5.41 Å². The molecule has 1 fully saturated rings. The molecule has 2 rings (SSSR count). The van der Waals surface area contributed by atoms with Crippen molar-refractivity contribution in [2.45, 2.75) is 39.0 Å². The van der Waals surface area contributed by atoms with Gasteiger partial charge in [0.2, 0.25) is 0 Å². The summed E-state index contributed by atoms with van der Waals surface area (Å²) < 4.78 is 0. The molecule has 110 valence electrons. The Morgan fingerprint density at radius 1 is 1.40 bits per heavy atom. The summed E-state index contributed by atoms with van der Waals surface area (Å²) in [5.41, 5.74) is 7.51. The number of rotatable bonds is 4. The maximum atomic E-state index is 7.74. The average molecular weight is 294 g/mol. The highest BCUT2D eigenvalue weighted by Crippen LogP contribution is 2.29. The lowest BCUT2D eigenvalue weighted by Gasteiger charge is -2.25. The van der Waals surface area contributed by atoms with E-state index >= 15 is 0 Å². The molecule has 0 aromatic heterocycles. The second kappa shape index (κ2) is 6.98. The lowest BCUT2D eigenvalue weighted by atomic mass is 9.96. The van der Waals surface area contributed by atoms with E-state index < -0.39 is 0 Å². The molecule has 1 aliphatic rings. The minimum atomic E-state index is 0.0943. The number of hydrogen-bond donors (Lipinski definition) is 2. The molecule has 0 aliphatic carbocycles. The van der Waals surface area contributed by atoms with E-state index in [1.807, 2.05) is 12.1 Å². The van der Waals surface area contributed by atoms with Crippen LogP contribution in [0.5, 0.6) is 0 Å².